The molecule has 0 bridgehead atoms. The smallest absolute Gasteiger partial charge is 0.250 e. The number of aromatic nitrogens is 2. The van der Waals surface area contributed by atoms with Crippen LogP contribution in [0, 0.1) is 12.8 Å². The molecule has 0 saturated carbocycles. The molecule has 2 aromatic heterocycles. The van der Waals surface area contributed by atoms with Gasteiger partial charge < -0.3 is 4.57 Å². The maximum absolute atomic E-state index is 12.2. The fraction of sp³-hybridized carbons (Fsp3) is 0.462. The van der Waals surface area contributed by atoms with Crippen molar-refractivity contribution in [3.8, 4) is 0 Å². The van der Waals surface area contributed by atoms with E-state index in [4.69, 9.17) is 0 Å². The van der Waals surface area contributed by atoms with Gasteiger partial charge in [-0.2, -0.15) is 0 Å². The van der Waals surface area contributed by atoms with Crippen LogP contribution in [-0.2, 0) is 23.0 Å². The molecule has 1 aliphatic heterocycles. The van der Waals surface area contributed by atoms with Gasteiger partial charge >= 0.3 is 0 Å². The van der Waals surface area contributed by atoms with Gasteiger partial charge in [-0.1, -0.05) is 0 Å². The van der Waals surface area contributed by atoms with Gasteiger partial charge in [-0.25, -0.2) is 18.1 Å². The minimum Gasteiger partial charge on any atom is -0.335 e. The summed E-state index contributed by atoms with van der Waals surface area (Å²) in [5.41, 5.74) is 0. The van der Waals surface area contributed by atoms with Gasteiger partial charge in [-0.15, -0.1) is 11.3 Å². The Bertz CT molecular complexity index is 703. The van der Waals surface area contributed by atoms with Crippen LogP contribution < -0.4 is 4.72 Å². The van der Waals surface area contributed by atoms with E-state index < -0.39 is 10.0 Å². The first kappa shape index (κ1) is 13.8. The van der Waals surface area contributed by atoms with Gasteiger partial charge in [-0.05, 0) is 31.4 Å². The zero-order chi connectivity index (χ0) is 14.2. The lowest BCUT2D eigenvalue weighted by molar-refractivity contribution is 0.379. The first-order chi connectivity index (χ1) is 9.54. The standard InChI is InChI=1S/C13H17N3O2S2/c1-10-2-3-13(19-10)20(17,18)15-9-11-4-6-16-7-5-14-12(16)8-11/h2-3,5,7,11,15H,4,6,8-9H2,1H3. The fourth-order valence-corrected chi connectivity index (χ4v) is 4.89. The molecule has 0 aliphatic carbocycles. The molecule has 1 aliphatic rings. The van der Waals surface area contributed by atoms with Crippen molar-refractivity contribution in [1.82, 2.24) is 14.3 Å². The normalized spacial score (nSPS) is 18.9. The molecule has 0 aromatic carbocycles. The molecule has 0 radical (unpaired) electrons. The fourth-order valence-electron chi connectivity index (χ4n) is 2.44. The molecular weight excluding hydrogens is 294 g/mol. The Morgan fingerprint density at radius 2 is 2.35 bits per heavy atom. The van der Waals surface area contributed by atoms with E-state index >= 15 is 0 Å². The maximum Gasteiger partial charge on any atom is 0.250 e. The summed E-state index contributed by atoms with van der Waals surface area (Å²) < 4.78 is 29.6. The van der Waals surface area contributed by atoms with Crippen molar-refractivity contribution in [2.24, 2.45) is 5.92 Å². The van der Waals surface area contributed by atoms with Crippen LogP contribution in [0.25, 0.3) is 0 Å². The summed E-state index contributed by atoms with van der Waals surface area (Å²) in [6.07, 6.45) is 5.59. The molecule has 3 rings (SSSR count). The van der Waals surface area contributed by atoms with Crippen molar-refractivity contribution < 1.29 is 8.42 Å². The Balaban J connectivity index is 1.63. The molecule has 0 amide bonds. The predicted molar refractivity (Wildman–Crippen MR) is 78.3 cm³/mol. The Hall–Kier alpha value is -1.18. The quantitative estimate of drug-likeness (QED) is 0.936. The summed E-state index contributed by atoms with van der Waals surface area (Å²) in [5.74, 6) is 1.37. The number of nitrogens with one attached hydrogen (secondary N) is 1. The minimum absolute atomic E-state index is 0.320. The molecule has 5 nitrogen and oxygen atoms in total. The van der Waals surface area contributed by atoms with Gasteiger partial charge in [0, 0.05) is 36.8 Å². The summed E-state index contributed by atoms with van der Waals surface area (Å²) in [6, 6.07) is 3.49. The van der Waals surface area contributed by atoms with Crippen molar-refractivity contribution in [1.29, 1.82) is 0 Å². The monoisotopic (exact) mass is 311 g/mol. The lowest BCUT2D eigenvalue weighted by Crippen LogP contribution is -2.32. The molecule has 3 heterocycles. The van der Waals surface area contributed by atoms with Crippen molar-refractivity contribution in [2.75, 3.05) is 6.54 Å². The first-order valence-corrected chi connectivity index (χ1v) is 8.91. The summed E-state index contributed by atoms with van der Waals surface area (Å²) >= 11 is 1.30. The number of thiophene rings is 1. The van der Waals surface area contributed by atoms with Crippen LogP contribution in [0.4, 0.5) is 0 Å². The first-order valence-electron chi connectivity index (χ1n) is 6.61. The molecule has 1 N–H and O–H groups in total. The molecule has 108 valence electrons. The highest BCUT2D eigenvalue weighted by molar-refractivity contribution is 7.91. The molecule has 0 saturated heterocycles. The van der Waals surface area contributed by atoms with E-state index in [9.17, 15) is 8.42 Å². The Labute approximate surface area is 122 Å². The van der Waals surface area contributed by atoms with Crippen molar-refractivity contribution in [3.63, 3.8) is 0 Å². The average molecular weight is 311 g/mol. The highest BCUT2D eigenvalue weighted by atomic mass is 32.2. The average Bonchev–Trinajstić information content (AvgIpc) is 3.04. The number of imidazole rings is 1. The van der Waals surface area contributed by atoms with E-state index in [-0.39, 0.29) is 0 Å². The molecule has 0 spiro atoms. The SMILES string of the molecule is Cc1ccc(S(=O)(=O)NCC2CCn3ccnc3C2)s1. The molecule has 2 aromatic rings. The van der Waals surface area contributed by atoms with E-state index in [1.165, 1.54) is 11.3 Å². The summed E-state index contributed by atoms with van der Waals surface area (Å²) in [4.78, 5) is 5.31. The molecule has 7 heteroatoms. The lowest BCUT2D eigenvalue weighted by atomic mass is 9.98. The summed E-state index contributed by atoms with van der Waals surface area (Å²) in [5, 5.41) is 0. The second kappa shape index (κ2) is 5.31. The van der Waals surface area contributed by atoms with Crippen molar-refractivity contribution in [2.45, 2.75) is 30.5 Å². The number of rotatable bonds is 4. The van der Waals surface area contributed by atoms with Gasteiger partial charge in [-0.3, -0.25) is 0 Å². The molecular formula is C13H17N3O2S2. The molecule has 1 unspecified atom stereocenters. The molecule has 0 fully saturated rings. The summed E-state index contributed by atoms with van der Waals surface area (Å²) in [7, 11) is -3.36. The van der Waals surface area contributed by atoms with Crippen LogP contribution in [0.15, 0.2) is 28.7 Å². The van der Waals surface area contributed by atoms with E-state index in [1.54, 1.807) is 12.3 Å². The largest absolute Gasteiger partial charge is 0.335 e. The van der Waals surface area contributed by atoms with E-state index in [1.807, 2.05) is 19.2 Å². The van der Waals surface area contributed by atoms with Crippen LogP contribution in [0.2, 0.25) is 0 Å². The third kappa shape index (κ3) is 2.79. The van der Waals surface area contributed by atoms with Gasteiger partial charge in [0.2, 0.25) is 10.0 Å². The van der Waals surface area contributed by atoms with Crippen molar-refractivity contribution >= 4 is 21.4 Å². The third-order valence-corrected chi connectivity index (χ3v) is 6.51. The summed E-state index contributed by atoms with van der Waals surface area (Å²) in [6.45, 7) is 3.30. The highest BCUT2D eigenvalue weighted by Gasteiger charge is 2.22. The minimum atomic E-state index is -3.36. The second-order valence-corrected chi connectivity index (χ2v) is 8.39. The van der Waals surface area contributed by atoms with Crippen LogP contribution in [0.5, 0.6) is 0 Å². The van der Waals surface area contributed by atoms with E-state index in [0.717, 1.165) is 30.1 Å². The number of aryl methyl sites for hydroxylation is 2. The van der Waals surface area contributed by atoms with Gasteiger partial charge in [0.15, 0.2) is 0 Å². The Morgan fingerprint density at radius 3 is 3.10 bits per heavy atom. The lowest BCUT2D eigenvalue weighted by Gasteiger charge is -2.23. The van der Waals surface area contributed by atoms with Crippen molar-refractivity contribution in [3.05, 3.63) is 35.2 Å². The van der Waals surface area contributed by atoms with E-state index in [2.05, 4.69) is 14.3 Å². The number of hydrogen-bond acceptors (Lipinski definition) is 4. The van der Waals surface area contributed by atoms with Crippen LogP contribution in [0.3, 0.4) is 0 Å². The van der Waals surface area contributed by atoms with Crippen LogP contribution in [-0.4, -0.2) is 24.5 Å². The zero-order valence-electron chi connectivity index (χ0n) is 11.2. The zero-order valence-corrected chi connectivity index (χ0v) is 12.9. The number of nitrogens with zero attached hydrogens (tertiary/aromatic N) is 2. The number of sulfonamides is 1. The third-order valence-electron chi connectivity index (χ3n) is 3.59. The highest BCUT2D eigenvalue weighted by Crippen LogP contribution is 2.22. The van der Waals surface area contributed by atoms with Gasteiger partial charge in [0.1, 0.15) is 10.0 Å². The van der Waals surface area contributed by atoms with Crippen LogP contribution >= 0.6 is 11.3 Å². The second-order valence-electron chi connectivity index (χ2n) is 5.11. The Morgan fingerprint density at radius 1 is 1.50 bits per heavy atom. The molecule has 20 heavy (non-hydrogen) atoms. The predicted octanol–water partition coefficient (Wildman–Crippen LogP) is 1.79. The maximum atomic E-state index is 12.2. The molecule has 1 atom stereocenters. The number of hydrogen-bond donors (Lipinski definition) is 1. The van der Waals surface area contributed by atoms with Gasteiger partial charge in [0.05, 0.1) is 0 Å². The van der Waals surface area contributed by atoms with Crippen LogP contribution in [0.1, 0.15) is 17.1 Å². The number of fused-ring (bicyclic) bond motifs is 1. The topological polar surface area (TPSA) is 64.0 Å². The van der Waals surface area contributed by atoms with E-state index in [0.29, 0.717) is 16.7 Å². The van der Waals surface area contributed by atoms with Gasteiger partial charge in [0.25, 0.3) is 0 Å². The Kier molecular flexibility index (Phi) is 3.66.